The Morgan fingerprint density at radius 2 is 1.74 bits per heavy atom. The fourth-order valence-corrected chi connectivity index (χ4v) is 3.46. The molecule has 1 amide bonds. The molecule has 4 nitrogen and oxygen atoms in total. The molecule has 144 valence electrons. The predicted molar refractivity (Wildman–Crippen MR) is 108 cm³/mol. The lowest BCUT2D eigenvalue weighted by molar-refractivity contribution is 0.0947. The summed E-state index contributed by atoms with van der Waals surface area (Å²) in [6, 6.07) is 14.8. The van der Waals surface area contributed by atoms with Gasteiger partial charge in [0.25, 0.3) is 5.91 Å². The molecule has 2 aromatic carbocycles. The van der Waals surface area contributed by atoms with Gasteiger partial charge in [-0.15, -0.1) is 0 Å². The fourth-order valence-electron chi connectivity index (χ4n) is 3.46. The normalized spacial score (nSPS) is 15.0. The number of benzene rings is 2. The molecule has 2 aromatic rings. The van der Waals surface area contributed by atoms with Gasteiger partial charge in [0.2, 0.25) is 0 Å². The summed E-state index contributed by atoms with van der Waals surface area (Å²) in [6.45, 7) is 6.92. The Kier molecular flexibility index (Phi) is 6.82. The molecule has 1 aliphatic heterocycles. The van der Waals surface area contributed by atoms with E-state index < -0.39 is 0 Å². The van der Waals surface area contributed by atoms with Gasteiger partial charge in [-0.3, -0.25) is 9.69 Å². The zero-order valence-corrected chi connectivity index (χ0v) is 16.0. The summed E-state index contributed by atoms with van der Waals surface area (Å²) in [5, 5.41) is 3.00. The second kappa shape index (κ2) is 9.51. The van der Waals surface area contributed by atoms with E-state index in [1.165, 1.54) is 11.6 Å². The van der Waals surface area contributed by atoms with Gasteiger partial charge in [-0.25, -0.2) is 4.39 Å². The molecular weight excluding hydrogens is 341 g/mol. The molecule has 0 spiro atoms. The highest BCUT2D eigenvalue weighted by molar-refractivity contribution is 5.94. The average molecular weight is 369 g/mol. The molecule has 1 fully saturated rings. The number of carbonyl (C=O) groups excluding carboxylic acids is 1. The maximum Gasteiger partial charge on any atom is 0.251 e. The number of rotatable bonds is 7. The zero-order valence-electron chi connectivity index (χ0n) is 16.0. The molecule has 3 rings (SSSR count). The highest BCUT2D eigenvalue weighted by atomic mass is 19.1. The van der Waals surface area contributed by atoms with E-state index in [0.29, 0.717) is 17.8 Å². The largest absolute Gasteiger partial charge is 0.367 e. The van der Waals surface area contributed by atoms with Gasteiger partial charge in [0, 0.05) is 44.8 Å². The minimum absolute atomic E-state index is 0.0250. The topological polar surface area (TPSA) is 35.6 Å². The van der Waals surface area contributed by atoms with Crippen molar-refractivity contribution in [1.82, 2.24) is 10.2 Å². The van der Waals surface area contributed by atoms with Gasteiger partial charge in [-0.1, -0.05) is 37.6 Å². The quantitative estimate of drug-likeness (QED) is 0.813. The fraction of sp³-hybridized carbons (Fsp3) is 0.409. The first-order chi connectivity index (χ1) is 13.2. The summed E-state index contributed by atoms with van der Waals surface area (Å²) in [5.41, 5.74) is 2.65. The van der Waals surface area contributed by atoms with Crippen molar-refractivity contribution in [3.63, 3.8) is 0 Å². The first-order valence-corrected chi connectivity index (χ1v) is 9.76. The summed E-state index contributed by atoms with van der Waals surface area (Å²) < 4.78 is 13.9. The number of nitrogens with one attached hydrogen (secondary N) is 1. The Balaban J connectivity index is 1.40. The number of aryl methyl sites for hydroxylation is 1. The number of carbonyl (C=O) groups is 1. The predicted octanol–water partition coefficient (Wildman–Crippen LogP) is 3.33. The third-order valence-corrected chi connectivity index (χ3v) is 5.03. The highest BCUT2D eigenvalue weighted by Crippen LogP contribution is 2.19. The summed E-state index contributed by atoms with van der Waals surface area (Å²) >= 11 is 0. The molecule has 1 heterocycles. The lowest BCUT2D eigenvalue weighted by Gasteiger charge is -2.36. The van der Waals surface area contributed by atoms with Crippen LogP contribution in [0.25, 0.3) is 0 Å². The van der Waals surface area contributed by atoms with Crippen LogP contribution in [-0.2, 0) is 6.42 Å². The van der Waals surface area contributed by atoms with Crippen molar-refractivity contribution < 1.29 is 9.18 Å². The third kappa shape index (κ3) is 5.30. The van der Waals surface area contributed by atoms with Gasteiger partial charge >= 0.3 is 0 Å². The van der Waals surface area contributed by atoms with Crippen LogP contribution in [0.1, 0.15) is 29.3 Å². The monoisotopic (exact) mass is 369 g/mol. The van der Waals surface area contributed by atoms with E-state index in [-0.39, 0.29) is 11.7 Å². The lowest BCUT2D eigenvalue weighted by Crippen LogP contribution is -2.48. The summed E-state index contributed by atoms with van der Waals surface area (Å²) in [6.07, 6.45) is 2.15. The van der Waals surface area contributed by atoms with Gasteiger partial charge in [0.1, 0.15) is 5.82 Å². The van der Waals surface area contributed by atoms with Crippen LogP contribution in [0.15, 0.2) is 48.5 Å². The first-order valence-electron chi connectivity index (χ1n) is 9.76. The van der Waals surface area contributed by atoms with Crippen molar-refractivity contribution in [3.8, 4) is 0 Å². The number of piperazine rings is 1. The molecule has 0 aromatic heterocycles. The van der Waals surface area contributed by atoms with Gasteiger partial charge in [0.15, 0.2) is 0 Å². The van der Waals surface area contributed by atoms with Gasteiger partial charge in [-0.2, -0.15) is 0 Å². The van der Waals surface area contributed by atoms with E-state index >= 15 is 0 Å². The van der Waals surface area contributed by atoms with E-state index in [0.717, 1.165) is 45.6 Å². The minimum atomic E-state index is -0.164. The Morgan fingerprint density at radius 1 is 1.04 bits per heavy atom. The second-order valence-corrected chi connectivity index (χ2v) is 6.98. The summed E-state index contributed by atoms with van der Waals surface area (Å²) in [5.74, 6) is -0.189. The molecule has 0 unspecified atom stereocenters. The lowest BCUT2D eigenvalue weighted by atomic mass is 10.1. The molecule has 1 saturated heterocycles. The highest BCUT2D eigenvalue weighted by Gasteiger charge is 2.19. The third-order valence-electron chi connectivity index (χ3n) is 5.03. The minimum Gasteiger partial charge on any atom is -0.367 e. The number of para-hydroxylation sites is 1. The van der Waals surface area contributed by atoms with Crippen LogP contribution < -0.4 is 10.2 Å². The van der Waals surface area contributed by atoms with Gasteiger partial charge in [-0.05, 0) is 36.2 Å². The Bertz CT molecular complexity index is 739. The van der Waals surface area contributed by atoms with E-state index in [9.17, 15) is 9.18 Å². The zero-order chi connectivity index (χ0) is 19.1. The van der Waals surface area contributed by atoms with Crippen LogP contribution >= 0.6 is 0 Å². The molecule has 0 saturated carbocycles. The Hall–Kier alpha value is -2.40. The second-order valence-electron chi connectivity index (χ2n) is 6.98. The van der Waals surface area contributed by atoms with Crippen molar-refractivity contribution in [2.45, 2.75) is 19.8 Å². The van der Waals surface area contributed by atoms with E-state index in [4.69, 9.17) is 0 Å². The van der Waals surface area contributed by atoms with Crippen molar-refractivity contribution in [1.29, 1.82) is 0 Å². The number of hydrogen-bond donors (Lipinski definition) is 1. The van der Waals surface area contributed by atoms with E-state index in [1.54, 1.807) is 6.07 Å². The Morgan fingerprint density at radius 3 is 2.41 bits per heavy atom. The number of anilines is 1. The van der Waals surface area contributed by atoms with Crippen LogP contribution in [0.2, 0.25) is 0 Å². The van der Waals surface area contributed by atoms with Crippen LogP contribution in [-0.4, -0.2) is 50.1 Å². The summed E-state index contributed by atoms with van der Waals surface area (Å²) in [7, 11) is 0. The first kappa shape index (κ1) is 19.4. The van der Waals surface area contributed by atoms with E-state index in [1.807, 2.05) is 36.4 Å². The molecule has 5 heteroatoms. The number of halogens is 1. The molecule has 1 N–H and O–H groups in total. The molecule has 0 radical (unpaired) electrons. The molecule has 27 heavy (non-hydrogen) atoms. The van der Waals surface area contributed by atoms with Gasteiger partial charge < -0.3 is 10.2 Å². The van der Waals surface area contributed by atoms with Crippen LogP contribution in [0, 0.1) is 5.82 Å². The van der Waals surface area contributed by atoms with Gasteiger partial charge in [0.05, 0.1) is 5.69 Å². The smallest absolute Gasteiger partial charge is 0.251 e. The van der Waals surface area contributed by atoms with Crippen molar-refractivity contribution in [3.05, 3.63) is 65.5 Å². The molecular formula is C22H28FN3O. The Labute approximate surface area is 161 Å². The van der Waals surface area contributed by atoms with Crippen molar-refractivity contribution in [2.24, 2.45) is 0 Å². The van der Waals surface area contributed by atoms with E-state index in [2.05, 4.69) is 22.0 Å². The molecule has 0 bridgehead atoms. The van der Waals surface area contributed by atoms with Crippen LogP contribution in [0.3, 0.4) is 0 Å². The van der Waals surface area contributed by atoms with Crippen LogP contribution in [0.5, 0.6) is 0 Å². The molecule has 1 aliphatic rings. The molecule has 0 atom stereocenters. The molecule has 0 aliphatic carbocycles. The van der Waals surface area contributed by atoms with Crippen LogP contribution in [0.4, 0.5) is 10.1 Å². The maximum atomic E-state index is 13.9. The summed E-state index contributed by atoms with van der Waals surface area (Å²) in [4.78, 5) is 16.6. The average Bonchev–Trinajstić information content (AvgIpc) is 2.70. The number of amides is 1. The van der Waals surface area contributed by atoms with Crippen molar-refractivity contribution in [2.75, 3.05) is 44.2 Å². The number of nitrogens with zero attached hydrogens (tertiary/aromatic N) is 2. The SMILES string of the molecule is CCCc1ccc(C(=O)NCCN2CCN(c3ccccc3F)CC2)cc1. The standard InChI is InChI=1S/C22H28FN3O/c1-2-5-18-8-10-19(11-9-18)22(27)24-12-13-25-14-16-26(17-15-25)21-7-4-3-6-20(21)23/h3-4,6-11H,2,5,12-17H2,1H3,(H,24,27). The van der Waals surface area contributed by atoms with Crippen molar-refractivity contribution >= 4 is 11.6 Å². The number of hydrogen-bond acceptors (Lipinski definition) is 3. The maximum absolute atomic E-state index is 13.9.